The lowest BCUT2D eigenvalue weighted by Gasteiger charge is -2.15. The first kappa shape index (κ1) is 16.2. The zero-order valence-electron chi connectivity index (χ0n) is 12.6. The molecule has 2 aromatic carbocycles. The molecule has 2 aromatic rings. The van der Waals surface area contributed by atoms with Gasteiger partial charge in [0.05, 0.1) is 29.0 Å². The summed E-state index contributed by atoms with van der Waals surface area (Å²) >= 11 is 6.04. The highest BCUT2D eigenvalue weighted by Crippen LogP contribution is 2.25. The number of carbonyl (C=O) groups is 1. The van der Waals surface area contributed by atoms with Gasteiger partial charge in [-0.25, -0.2) is 0 Å². The molecular weight excluding hydrogens is 300 g/mol. The van der Waals surface area contributed by atoms with Gasteiger partial charge in [-0.2, -0.15) is 0 Å². The van der Waals surface area contributed by atoms with Crippen LogP contribution in [0.1, 0.15) is 13.8 Å². The van der Waals surface area contributed by atoms with E-state index in [9.17, 15) is 4.79 Å². The van der Waals surface area contributed by atoms with Crippen molar-refractivity contribution in [3.63, 3.8) is 0 Å². The SMILES string of the molecule is CC(C)Oc1ccccc1NC(=O)CNc1ccccc1Cl. The molecule has 0 radical (unpaired) electrons. The molecule has 0 saturated heterocycles. The van der Waals surface area contributed by atoms with Crippen molar-refractivity contribution in [3.8, 4) is 5.75 Å². The number of carbonyl (C=O) groups excluding carboxylic acids is 1. The average molecular weight is 319 g/mol. The van der Waals surface area contributed by atoms with Crippen molar-refractivity contribution < 1.29 is 9.53 Å². The van der Waals surface area contributed by atoms with Gasteiger partial charge in [-0.1, -0.05) is 35.9 Å². The van der Waals surface area contributed by atoms with Crippen LogP contribution in [0.5, 0.6) is 5.75 Å². The fourth-order valence-corrected chi connectivity index (χ4v) is 2.10. The topological polar surface area (TPSA) is 50.4 Å². The molecule has 4 nitrogen and oxygen atoms in total. The number of hydrogen-bond acceptors (Lipinski definition) is 3. The average Bonchev–Trinajstić information content (AvgIpc) is 2.48. The smallest absolute Gasteiger partial charge is 0.243 e. The van der Waals surface area contributed by atoms with Crippen LogP contribution >= 0.6 is 11.6 Å². The van der Waals surface area contributed by atoms with Crippen LogP contribution in [0, 0.1) is 0 Å². The molecule has 116 valence electrons. The quantitative estimate of drug-likeness (QED) is 0.840. The Morgan fingerprint density at radius 2 is 1.73 bits per heavy atom. The number of benzene rings is 2. The first-order valence-electron chi connectivity index (χ1n) is 7.10. The van der Waals surface area contributed by atoms with Crippen molar-refractivity contribution in [3.05, 3.63) is 53.6 Å². The fraction of sp³-hybridized carbons (Fsp3) is 0.235. The summed E-state index contributed by atoms with van der Waals surface area (Å²) in [5.74, 6) is 0.489. The lowest BCUT2D eigenvalue weighted by atomic mass is 10.2. The van der Waals surface area contributed by atoms with Crippen molar-refractivity contribution in [2.45, 2.75) is 20.0 Å². The van der Waals surface area contributed by atoms with E-state index in [0.29, 0.717) is 16.5 Å². The summed E-state index contributed by atoms with van der Waals surface area (Å²) in [6, 6.07) is 14.7. The summed E-state index contributed by atoms with van der Waals surface area (Å²) in [6.07, 6.45) is 0.0410. The Morgan fingerprint density at radius 3 is 2.41 bits per heavy atom. The van der Waals surface area contributed by atoms with E-state index < -0.39 is 0 Å². The molecule has 2 N–H and O–H groups in total. The lowest BCUT2D eigenvalue weighted by Crippen LogP contribution is -2.22. The number of hydrogen-bond donors (Lipinski definition) is 2. The van der Waals surface area contributed by atoms with Crippen LogP contribution in [0.25, 0.3) is 0 Å². The standard InChI is InChI=1S/C17H19ClN2O2/c1-12(2)22-16-10-6-5-9-15(16)20-17(21)11-19-14-8-4-3-7-13(14)18/h3-10,12,19H,11H2,1-2H3,(H,20,21). The number of ether oxygens (including phenoxy) is 1. The fourth-order valence-electron chi connectivity index (χ4n) is 1.90. The molecule has 0 aliphatic rings. The van der Waals surface area contributed by atoms with E-state index in [1.54, 1.807) is 6.07 Å². The van der Waals surface area contributed by atoms with Crippen molar-refractivity contribution in [1.82, 2.24) is 0 Å². The Labute approximate surface area is 135 Å². The molecule has 0 unspecified atom stereocenters. The van der Waals surface area contributed by atoms with Crippen molar-refractivity contribution in [2.24, 2.45) is 0 Å². The molecule has 0 aliphatic heterocycles. The second-order valence-corrected chi connectivity index (χ2v) is 5.45. The molecule has 0 spiro atoms. The summed E-state index contributed by atoms with van der Waals surface area (Å²) in [5, 5.41) is 6.43. The summed E-state index contributed by atoms with van der Waals surface area (Å²) in [4.78, 5) is 12.1. The lowest BCUT2D eigenvalue weighted by molar-refractivity contribution is -0.114. The third kappa shape index (κ3) is 4.67. The van der Waals surface area contributed by atoms with Gasteiger partial charge in [0.1, 0.15) is 5.75 Å². The molecule has 0 aromatic heterocycles. The zero-order chi connectivity index (χ0) is 15.9. The van der Waals surface area contributed by atoms with Gasteiger partial charge in [0.2, 0.25) is 5.91 Å². The van der Waals surface area contributed by atoms with Gasteiger partial charge in [-0.05, 0) is 38.1 Å². The first-order valence-corrected chi connectivity index (χ1v) is 7.48. The Bertz CT molecular complexity index is 644. The first-order chi connectivity index (χ1) is 10.6. The zero-order valence-corrected chi connectivity index (χ0v) is 13.4. The van der Waals surface area contributed by atoms with Gasteiger partial charge in [-0.3, -0.25) is 4.79 Å². The van der Waals surface area contributed by atoms with E-state index in [0.717, 1.165) is 5.69 Å². The Kier molecular flexibility index (Phi) is 5.67. The van der Waals surface area contributed by atoms with Gasteiger partial charge in [0, 0.05) is 0 Å². The van der Waals surface area contributed by atoms with Gasteiger partial charge in [0.15, 0.2) is 0 Å². The summed E-state index contributed by atoms with van der Waals surface area (Å²) in [6.45, 7) is 4.01. The van der Waals surface area contributed by atoms with E-state index in [1.165, 1.54) is 0 Å². The van der Waals surface area contributed by atoms with Crippen LogP contribution in [-0.2, 0) is 4.79 Å². The molecule has 22 heavy (non-hydrogen) atoms. The molecule has 2 rings (SSSR count). The number of rotatable bonds is 6. The molecule has 0 saturated carbocycles. The second kappa shape index (κ2) is 7.71. The van der Waals surface area contributed by atoms with E-state index in [1.807, 2.05) is 56.3 Å². The molecule has 0 heterocycles. The summed E-state index contributed by atoms with van der Waals surface area (Å²) in [5.41, 5.74) is 1.38. The van der Waals surface area contributed by atoms with Crippen molar-refractivity contribution >= 4 is 28.9 Å². The molecule has 0 bridgehead atoms. The van der Waals surface area contributed by atoms with Crippen LogP contribution in [0.4, 0.5) is 11.4 Å². The number of amides is 1. The number of anilines is 2. The van der Waals surface area contributed by atoms with Crippen LogP contribution < -0.4 is 15.4 Å². The van der Waals surface area contributed by atoms with E-state index >= 15 is 0 Å². The van der Waals surface area contributed by atoms with Crippen LogP contribution in [-0.4, -0.2) is 18.6 Å². The molecular formula is C17H19ClN2O2. The van der Waals surface area contributed by atoms with Gasteiger partial charge in [-0.15, -0.1) is 0 Å². The van der Waals surface area contributed by atoms with E-state index in [-0.39, 0.29) is 18.6 Å². The predicted octanol–water partition coefficient (Wildman–Crippen LogP) is 4.18. The Balaban J connectivity index is 1.96. The maximum atomic E-state index is 12.1. The third-order valence-electron chi connectivity index (χ3n) is 2.84. The van der Waals surface area contributed by atoms with Crippen LogP contribution in [0.2, 0.25) is 5.02 Å². The molecule has 0 fully saturated rings. The van der Waals surface area contributed by atoms with Crippen molar-refractivity contribution in [2.75, 3.05) is 17.2 Å². The highest BCUT2D eigenvalue weighted by molar-refractivity contribution is 6.33. The summed E-state index contributed by atoms with van der Waals surface area (Å²) in [7, 11) is 0. The Morgan fingerprint density at radius 1 is 1.09 bits per heavy atom. The largest absolute Gasteiger partial charge is 0.489 e. The van der Waals surface area contributed by atoms with E-state index in [4.69, 9.17) is 16.3 Å². The minimum absolute atomic E-state index is 0.0410. The highest BCUT2D eigenvalue weighted by atomic mass is 35.5. The van der Waals surface area contributed by atoms with Gasteiger partial charge >= 0.3 is 0 Å². The molecule has 1 amide bonds. The van der Waals surface area contributed by atoms with Gasteiger partial charge in [0.25, 0.3) is 0 Å². The van der Waals surface area contributed by atoms with Gasteiger partial charge < -0.3 is 15.4 Å². The number of nitrogens with one attached hydrogen (secondary N) is 2. The highest BCUT2D eigenvalue weighted by Gasteiger charge is 2.09. The number of halogens is 1. The normalized spacial score (nSPS) is 10.4. The van der Waals surface area contributed by atoms with Crippen molar-refractivity contribution in [1.29, 1.82) is 0 Å². The van der Waals surface area contributed by atoms with E-state index in [2.05, 4.69) is 10.6 Å². The maximum absolute atomic E-state index is 12.1. The molecule has 0 aliphatic carbocycles. The molecule has 0 atom stereocenters. The third-order valence-corrected chi connectivity index (χ3v) is 3.17. The Hall–Kier alpha value is -2.20. The monoisotopic (exact) mass is 318 g/mol. The van der Waals surface area contributed by atoms with Crippen LogP contribution in [0.3, 0.4) is 0 Å². The minimum Gasteiger partial charge on any atom is -0.489 e. The maximum Gasteiger partial charge on any atom is 0.243 e. The summed E-state index contributed by atoms with van der Waals surface area (Å²) < 4.78 is 5.67. The van der Waals surface area contributed by atoms with Crippen LogP contribution in [0.15, 0.2) is 48.5 Å². The predicted molar refractivity (Wildman–Crippen MR) is 90.8 cm³/mol. The second-order valence-electron chi connectivity index (χ2n) is 5.04. The molecule has 5 heteroatoms. The number of para-hydroxylation sites is 3. The minimum atomic E-state index is -0.167.